The summed E-state index contributed by atoms with van der Waals surface area (Å²) in [7, 11) is 0. The maximum Gasteiger partial charge on any atom is 0.327 e. The SMILES string of the molecule is CCC(CC1CC1)N1CC(=O)OC(=O)C1. The van der Waals surface area contributed by atoms with Gasteiger partial charge in [-0.05, 0) is 18.8 Å². The van der Waals surface area contributed by atoms with Crippen LogP contribution >= 0.6 is 0 Å². The van der Waals surface area contributed by atoms with Gasteiger partial charge in [0.25, 0.3) is 0 Å². The third kappa shape index (κ3) is 2.78. The van der Waals surface area contributed by atoms with Gasteiger partial charge in [0.05, 0.1) is 13.1 Å². The zero-order chi connectivity index (χ0) is 10.8. The summed E-state index contributed by atoms with van der Waals surface area (Å²) in [6, 6.07) is 0.370. The number of morpholine rings is 1. The van der Waals surface area contributed by atoms with Crippen molar-refractivity contribution in [3.63, 3.8) is 0 Å². The molecule has 0 aromatic rings. The number of nitrogens with zero attached hydrogens (tertiary/aromatic N) is 1. The van der Waals surface area contributed by atoms with Crippen LogP contribution in [0.4, 0.5) is 0 Å². The predicted molar refractivity (Wildman–Crippen MR) is 54.1 cm³/mol. The quantitative estimate of drug-likeness (QED) is 0.513. The van der Waals surface area contributed by atoms with Crippen LogP contribution < -0.4 is 0 Å². The Morgan fingerprint density at radius 1 is 1.33 bits per heavy atom. The van der Waals surface area contributed by atoms with Gasteiger partial charge < -0.3 is 4.74 Å². The topological polar surface area (TPSA) is 46.6 Å². The maximum atomic E-state index is 11.1. The first-order valence-electron chi connectivity index (χ1n) is 5.66. The fraction of sp³-hybridized carbons (Fsp3) is 0.818. The number of esters is 2. The third-order valence-electron chi connectivity index (χ3n) is 3.18. The molecule has 0 aromatic carbocycles. The monoisotopic (exact) mass is 211 g/mol. The molecule has 4 nitrogen and oxygen atoms in total. The van der Waals surface area contributed by atoms with Gasteiger partial charge in [-0.3, -0.25) is 14.5 Å². The highest BCUT2D eigenvalue weighted by atomic mass is 16.6. The molecule has 1 saturated carbocycles. The number of cyclic esters (lactones) is 2. The summed E-state index contributed by atoms with van der Waals surface area (Å²) < 4.78 is 4.51. The Morgan fingerprint density at radius 3 is 2.40 bits per heavy atom. The lowest BCUT2D eigenvalue weighted by Crippen LogP contribution is -2.48. The standard InChI is InChI=1S/C11H17NO3/c1-2-9(5-8-3-4-8)12-6-10(13)15-11(14)7-12/h8-9H,2-7H2,1H3. The van der Waals surface area contributed by atoms with Crippen LogP contribution in [0.15, 0.2) is 0 Å². The van der Waals surface area contributed by atoms with Crippen LogP contribution in [0.1, 0.15) is 32.6 Å². The summed E-state index contributed by atoms with van der Waals surface area (Å²) >= 11 is 0. The minimum Gasteiger partial charge on any atom is -0.391 e. The summed E-state index contributed by atoms with van der Waals surface area (Å²) in [5.74, 6) is 0.0176. The molecule has 1 saturated heterocycles. The molecule has 0 N–H and O–H groups in total. The third-order valence-corrected chi connectivity index (χ3v) is 3.18. The highest BCUT2D eigenvalue weighted by Crippen LogP contribution is 2.35. The molecule has 0 spiro atoms. The van der Waals surface area contributed by atoms with Crippen molar-refractivity contribution >= 4 is 11.9 Å². The van der Waals surface area contributed by atoms with Gasteiger partial charge in [-0.15, -0.1) is 0 Å². The van der Waals surface area contributed by atoms with Crippen LogP contribution in [0, 0.1) is 5.92 Å². The number of hydrogen-bond acceptors (Lipinski definition) is 4. The first-order chi connectivity index (χ1) is 7.19. The fourth-order valence-electron chi connectivity index (χ4n) is 2.15. The van der Waals surface area contributed by atoms with Crippen LogP contribution in [0.25, 0.3) is 0 Å². The van der Waals surface area contributed by atoms with E-state index in [1.807, 2.05) is 4.90 Å². The van der Waals surface area contributed by atoms with Crippen molar-refractivity contribution in [2.75, 3.05) is 13.1 Å². The van der Waals surface area contributed by atoms with Gasteiger partial charge in [-0.1, -0.05) is 19.8 Å². The zero-order valence-corrected chi connectivity index (χ0v) is 9.07. The summed E-state index contributed by atoms with van der Waals surface area (Å²) in [5, 5.41) is 0. The second-order valence-corrected chi connectivity index (χ2v) is 4.49. The Kier molecular flexibility index (Phi) is 3.05. The van der Waals surface area contributed by atoms with Crippen LogP contribution in [0.2, 0.25) is 0 Å². The minimum absolute atomic E-state index is 0.275. The lowest BCUT2D eigenvalue weighted by Gasteiger charge is -2.31. The number of rotatable bonds is 4. The first kappa shape index (κ1) is 10.6. The Morgan fingerprint density at radius 2 is 1.93 bits per heavy atom. The lowest BCUT2D eigenvalue weighted by molar-refractivity contribution is -0.168. The van der Waals surface area contributed by atoms with E-state index >= 15 is 0 Å². The molecular formula is C11H17NO3. The van der Waals surface area contributed by atoms with Crippen molar-refractivity contribution < 1.29 is 14.3 Å². The molecule has 2 fully saturated rings. The summed E-state index contributed by atoms with van der Waals surface area (Å²) in [4.78, 5) is 24.2. The molecule has 15 heavy (non-hydrogen) atoms. The van der Waals surface area contributed by atoms with E-state index in [2.05, 4.69) is 11.7 Å². The zero-order valence-electron chi connectivity index (χ0n) is 9.07. The van der Waals surface area contributed by atoms with E-state index in [0.29, 0.717) is 6.04 Å². The van der Waals surface area contributed by atoms with Crippen molar-refractivity contribution in [2.24, 2.45) is 5.92 Å². The van der Waals surface area contributed by atoms with Crippen LogP contribution in [-0.4, -0.2) is 36.0 Å². The van der Waals surface area contributed by atoms with E-state index in [4.69, 9.17) is 0 Å². The van der Waals surface area contributed by atoms with Crippen molar-refractivity contribution in [2.45, 2.75) is 38.6 Å². The van der Waals surface area contributed by atoms with Gasteiger partial charge in [0.1, 0.15) is 0 Å². The molecule has 1 heterocycles. The molecule has 84 valence electrons. The average molecular weight is 211 g/mol. The van der Waals surface area contributed by atoms with E-state index in [1.165, 1.54) is 12.8 Å². The van der Waals surface area contributed by atoms with E-state index < -0.39 is 11.9 Å². The Bertz CT molecular complexity index is 257. The van der Waals surface area contributed by atoms with Crippen molar-refractivity contribution in [3.8, 4) is 0 Å². The average Bonchev–Trinajstić information content (AvgIpc) is 2.96. The summed E-state index contributed by atoms with van der Waals surface area (Å²) in [6.45, 7) is 2.66. The summed E-state index contributed by atoms with van der Waals surface area (Å²) in [5.41, 5.74) is 0. The van der Waals surface area contributed by atoms with E-state index in [1.54, 1.807) is 0 Å². The summed E-state index contributed by atoms with van der Waals surface area (Å²) in [6.07, 6.45) is 4.74. The molecule has 1 unspecified atom stereocenters. The van der Waals surface area contributed by atoms with Crippen molar-refractivity contribution in [3.05, 3.63) is 0 Å². The largest absolute Gasteiger partial charge is 0.391 e. The lowest BCUT2D eigenvalue weighted by atomic mass is 10.1. The fourth-order valence-corrected chi connectivity index (χ4v) is 2.15. The molecule has 0 bridgehead atoms. The van der Waals surface area contributed by atoms with E-state index in [9.17, 15) is 9.59 Å². The molecular weight excluding hydrogens is 194 g/mol. The predicted octanol–water partition coefficient (Wildman–Crippen LogP) is 0.951. The Hall–Kier alpha value is -0.900. The van der Waals surface area contributed by atoms with Gasteiger partial charge >= 0.3 is 11.9 Å². The Balaban J connectivity index is 1.93. The maximum absolute atomic E-state index is 11.1. The normalized spacial score (nSPS) is 25.1. The molecule has 0 radical (unpaired) electrons. The number of carbonyl (C=O) groups excluding carboxylic acids is 2. The van der Waals surface area contributed by atoms with Crippen molar-refractivity contribution in [1.29, 1.82) is 0 Å². The van der Waals surface area contributed by atoms with Crippen LogP contribution in [-0.2, 0) is 14.3 Å². The van der Waals surface area contributed by atoms with Gasteiger partial charge in [0.15, 0.2) is 0 Å². The number of hydrogen-bond donors (Lipinski definition) is 0. The first-order valence-corrected chi connectivity index (χ1v) is 5.66. The molecule has 1 atom stereocenters. The smallest absolute Gasteiger partial charge is 0.327 e. The highest BCUT2D eigenvalue weighted by Gasteiger charge is 2.33. The molecule has 0 amide bonds. The van der Waals surface area contributed by atoms with E-state index in [0.717, 1.165) is 18.8 Å². The van der Waals surface area contributed by atoms with Gasteiger partial charge in [0.2, 0.25) is 0 Å². The van der Waals surface area contributed by atoms with Crippen molar-refractivity contribution in [1.82, 2.24) is 4.90 Å². The minimum atomic E-state index is -0.402. The van der Waals surface area contributed by atoms with Crippen LogP contribution in [0.3, 0.4) is 0 Å². The number of carbonyl (C=O) groups is 2. The Labute approximate surface area is 89.6 Å². The van der Waals surface area contributed by atoms with Gasteiger partial charge in [0, 0.05) is 6.04 Å². The highest BCUT2D eigenvalue weighted by molar-refractivity contribution is 5.90. The second-order valence-electron chi connectivity index (χ2n) is 4.49. The molecule has 1 aliphatic carbocycles. The molecule has 2 rings (SSSR count). The van der Waals surface area contributed by atoms with Gasteiger partial charge in [-0.2, -0.15) is 0 Å². The molecule has 4 heteroatoms. The van der Waals surface area contributed by atoms with E-state index in [-0.39, 0.29) is 13.1 Å². The second kappa shape index (κ2) is 4.31. The van der Waals surface area contributed by atoms with Gasteiger partial charge in [-0.25, -0.2) is 0 Å². The molecule has 1 aliphatic heterocycles. The number of ether oxygens (including phenoxy) is 1. The molecule has 2 aliphatic rings. The molecule has 0 aromatic heterocycles. The van der Waals surface area contributed by atoms with Crippen LogP contribution in [0.5, 0.6) is 0 Å².